The maximum Gasteiger partial charge on any atom is -0.00160 e. The molecule has 2 heterocycles. The molecule has 0 spiro atoms. The molecule has 2 aliphatic rings. The van der Waals surface area contributed by atoms with Crippen LogP contribution in [-0.2, 0) is 0 Å². The number of hydrogen-bond donors (Lipinski definition) is 0. The van der Waals surface area contributed by atoms with Crippen molar-refractivity contribution in [1.29, 1.82) is 0 Å². The van der Waals surface area contributed by atoms with Gasteiger partial charge in [0.1, 0.15) is 0 Å². The highest BCUT2D eigenvalue weighted by Gasteiger charge is 2.21. The summed E-state index contributed by atoms with van der Waals surface area (Å²) in [5.74, 6) is 2.90. The van der Waals surface area contributed by atoms with Gasteiger partial charge >= 0.3 is 0 Å². The first-order valence-corrected chi connectivity index (χ1v) is 8.56. The Labute approximate surface area is 120 Å². The fourth-order valence-electron chi connectivity index (χ4n) is 3.80. The van der Waals surface area contributed by atoms with Gasteiger partial charge in [-0.1, -0.05) is 13.8 Å². The first-order chi connectivity index (χ1) is 9.15. The SMILES string of the molecule is CC(C)C1CCN(CCCC2CCN(C)CC2)CC1. The molecular weight excluding hydrogens is 232 g/mol. The van der Waals surface area contributed by atoms with Crippen molar-refractivity contribution in [3.05, 3.63) is 0 Å². The maximum absolute atomic E-state index is 2.72. The molecule has 0 aliphatic carbocycles. The summed E-state index contributed by atoms with van der Waals surface area (Å²) in [6, 6.07) is 0. The van der Waals surface area contributed by atoms with Crippen LogP contribution in [0, 0.1) is 17.8 Å². The molecule has 0 aromatic carbocycles. The summed E-state index contributed by atoms with van der Waals surface area (Å²) in [6.45, 7) is 11.5. The summed E-state index contributed by atoms with van der Waals surface area (Å²) in [4.78, 5) is 5.20. The molecule has 2 rings (SSSR count). The van der Waals surface area contributed by atoms with Crippen LogP contribution in [0.25, 0.3) is 0 Å². The molecule has 2 nitrogen and oxygen atoms in total. The first-order valence-electron chi connectivity index (χ1n) is 8.56. The van der Waals surface area contributed by atoms with E-state index in [2.05, 4.69) is 30.7 Å². The van der Waals surface area contributed by atoms with Crippen molar-refractivity contribution in [2.24, 2.45) is 17.8 Å². The van der Waals surface area contributed by atoms with Gasteiger partial charge in [-0.25, -0.2) is 0 Å². The van der Waals surface area contributed by atoms with E-state index >= 15 is 0 Å². The second kappa shape index (κ2) is 7.64. The molecule has 2 aliphatic heterocycles. The smallest absolute Gasteiger partial charge is 0.00160 e. The van der Waals surface area contributed by atoms with E-state index in [4.69, 9.17) is 0 Å². The minimum absolute atomic E-state index is 0.890. The van der Waals surface area contributed by atoms with Crippen molar-refractivity contribution in [2.45, 2.75) is 52.4 Å². The molecule has 0 unspecified atom stereocenters. The summed E-state index contributed by atoms with van der Waals surface area (Å²) < 4.78 is 0. The Bertz CT molecular complexity index is 236. The Balaban J connectivity index is 1.54. The van der Waals surface area contributed by atoms with Gasteiger partial charge in [0.05, 0.1) is 0 Å². The van der Waals surface area contributed by atoms with Gasteiger partial charge in [-0.05, 0) is 96.1 Å². The zero-order chi connectivity index (χ0) is 13.7. The largest absolute Gasteiger partial charge is 0.306 e. The molecule has 19 heavy (non-hydrogen) atoms. The lowest BCUT2D eigenvalue weighted by Crippen LogP contribution is -2.36. The number of rotatable bonds is 5. The predicted octanol–water partition coefficient (Wildman–Crippen LogP) is 3.48. The molecule has 0 radical (unpaired) electrons. The van der Waals surface area contributed by atoms with Gasteiger partial charge in [0.25, 0.3) is 0 Å². The number of piperidine rings is 2. The topological polar surface area (TPSA) is 6.48 Å². The Kier molecular flexibility index (Phi) is 6.15. The highest BCUT2D eigenvalue weighted by atomic mass is 15.1. The first kappa shape index (κ1) is 15.3. The fraction of sp³-hybridized carbons (Fsp3) is 1.00. The molecule has 0 aromatic rings. The van der Waals surface area contributed by atoms with Crippen molar-refractivity contribution in [3.8, 4) is 0 Å². The lowest BCUT2D eigenvalue weighted by molar-refractivity contribution is 0.149. The minimum Gasteiger partial charge on any atom is -0.306 e. The lowest BCUT2D eigenvalue weighted by Gasteiger charge is -2.34. The van der Waals surface area contributed by atoms with Crippen LogP contribution in [0.4, 0.5) is 0 Å². The highest BCUT2D eigenvalue weighted by molar-refractivity contribution is 4.75. The van der Waals surface area contributed by atoms with Gasteiger partial charge in [0.2, 0.25) is 0 Å². The van der Waals surface area contributed by atoms with E-state index in [0.29, 0.717) is 0 Å². The van der Waals surface area contributed by atoms with Crippen LogP contribution in [0.5, 0.6) is 0 Å². The van der Waals surface area contributed by atoms with Gasteiger partial charge < -0.3 is 9.80 Å². The van der Waals surface area contributed by atoms with Crippen LogP contribution in [0.15, 0.2) is 0 Å². The van der Waals surface area contributed by atoms with E-state index < -0.39 is 0 Å². The third-order valence-corrected chi connectivity index (χ3v) is 5.50. The lowest BCUT2D eigenvalue weighted by atomic mass is 9.86. The van der Waals surface area contributed by atoms with Gasteiger partial charge in [0.15, 0.2) is 0 Å². The third kappa shape index (κ3) is 5.07. The summed E-state index contributed by atoms with van der Waals surface area (Å²) in [5, 5.41) is 0. The van der Waals surface area contributed by atoms with E-state index in [-0.39, 0.29) is 0 Å². The Morgan fingerprint density at radius 2 is 1.58 bits per heavy atom. The van der Waals surface area contributed by atoms with Crippen molar-refractivity contribution in [2.75, 3.05) is 39.8 Å². The number of nitrogens with zero attached hydrogens (tertiary/aromatic N) is 2. The summed E-state index contributed by atoms with van der Waals surface area (Å²) >= 11 is 0. The normalized spacial score (nSPS) is 25.3. The highest BCUT2D eigenvalue weighted by Crippen LogP contribution is 2.25. The van der Waals surface area contributed by atoms with Crippen molar-refractivity contribution < 1.29 is 0 Å². The molecule has 2 fully saturated rings. The molecule has 0 saturated carbocycles. The second-order valence-electron chi connectivity index (χ2n) is 7.31. The quantitative estimate of drug-likeness (QED) is 0.752. The minimum atomic E-state index is 0.890. The fourth-order valence-corrected chi connectivity index (χ4v) is 3.80. The van der Waals surface area contributed by atoms with Gasteiger partial charge in [0, 0.05) is 0 Å². The molecule has 0 aromatic heterocycles. The third-order valence-electron chi connectivity index (χ3n) is 5.50. The second-order valence-corrected chi connectivity index (χ2v) is 7.31. The van der Waals surface area contributed by atoms with Crippen LogP contribution in [0.3, 0.4) is 0 Å². The van der Waals surface area contributed by atoms with Crippen molar-refractivity contribution in [1.82, 2.24) is 9.80 Å². The molecule has 0 N–H and O–H groups in total. The van der Waals surface area contributed by atoms with Gasteiger partial charge in [-0.3, -0.25) is 0 Å². The average molecular weight is 266 g/mol. The molecule has 2 heteroatoms. The molecule has 0 atom stereocenters. The molecule has 0 bridgehead atoms. The number of likely N-dealkylation sites (tertiary alicyclic amines) is 2. The van der Waals surface area contributed by atoms with Gasteiger partial charge in [-0.15, -0.1) is 0 Å². The molecule has 2 saturated heterocycles. The Morgan fingerprint density at radius 1 is 0.947 bits per heavy atom. The zero-order valence-corrected chi connectivity index (χ0v) is 13.4. The molecule has 0 amide bonds. The number of hydrogen-bond acceptors (Lipinski definition) is 2. The van der Waals surface area contributed by atoms with E-state index in [0.717, 1.165) is 17.8 Å². The van der Waals surface area contributed by atoms with Crippen LogP contribution in [0.2, 0.25) is 0 Å². The summed E-state index contributed by atoms with van der Waals surface area (Å²) in [5.41, 5.74) is 0. The monoisotopic (exact) mass is 266 g/mol. The Hall–Kier alpha value is -0.0800. The standard InChI is InChI=1S/C17H34N2/c1-15(2)17-8-13-19(14-9-17)10-4-5-16-6-11-18(3)12-7-16/h15-17H,4-14H2,1-3H3. The summed E-state index contributed by atoms with van der Waals surface area (Å²) in [7, 11) is 2.26. The summed E-state index contributed by atoms with van der Waals surface area (Å²) in [6.07, 6.45) is 8.65. The van der Waals surface area contributed by atoms with E-state index in [1.54, 1.807) is 0 Å². The predicted molar refractivity (Wildman–Crippen MR) is 83.5 cm³/mol. The van der Waals surface area contributed by atoms with E-state index in [9.17, 15) is 0 Å². The van der Waals surface area contributed by atoms with E-state index in [1.807, 2.05) is 0 Å². The van der Waals surface area contributed by atoms with Crippen LogP contribution < -0.4 is 0 Å². The molecule has 112 valence electrons. The average Bonchev–Trinajstić information content (AvgIpc) is 2.41. The van der Waals surface area contributed by atoms with Crippen LogP contribution >= 0.6 is 0 Å². The zero-order valence-electron chi connectivity index (χ0n) is 13.4. The Morgan fingerprint density at radius 3 is 2.16 bits per heavy atom. The maximum atomic E-state index is 2.72. The molecular formula is C17H34N2. The van der Waals surface area contributed by atoms with Crippen LogP contribution in [-0.4, -0.2) is 49.6 Å². The van der Waals surface area contributed by atoms with Crippen LogP contribution in [0.1, 0.15) is 52.4 Å². The van der Waals surface area contributed by atoms with E-state index in [1.165, 1.54) is 71.2 Å². The van der Waals surface area contributed by atoms with Crippen molar-refractivity contribution >= 4 is 0 Å². The van der Waals surface area contributed by atoms with Gasteiger partial charge in [-0.2, -0.15) is 0 Å². The van der Waals surface area contributed by atoms with Crippen molar-refractivity contribution in [3.63, 3.8) is 0 Å².